The third-order valence-corrected chi connectivity index (χ3v) is 4.86. The fraction of sp³-hybridized carbons (Fsp3) is 0.533. The number of benzene rings is 1. The minimum atomic E-state index is 0.618. The molecule has 6 heteroatoms. The Morgan fingerprint density at radius 2 is 1.95 bits per heavy atom. The second-order valence-electron chi connectivity index (χ2n) is 6.25. The summed E-state index contributed by atoms with van der Waals surface area (Å²) in [6.07, 6.45) is 5.45. The molecule has 1 aromatic heterocycles. The molecule has 2 saturated carbocycles. The topological polar surface area (TPSA) is 69.6 Å². The number of nitrogen functional groups attached to an aromatic ring is 1. The van der Waals surface area contributed by atoms with Gasteiger partial charge in [-0.1, -0.05) is 11.6 Å². The minimum absolute atomic E-state index is 0.618. The molecule has 0 aliphatic heterocycles. The lowest BCUT2D eigenvalue weighted by molar-refractivity contribution is 0.331. The number of anilines is 1. The van der Waals surface area contributed by atoms with Gasteiger partial charge < -0.3 is 5.73 Å². The van der Waals surface area contributed by atoms with E-state index in [1.54, 1.807) is 6.07 Å². The normalized spacial score (nSPS) is 18.4. The highest BCUT2D eigenvalue weighted by Crippen LogP contribution is 2.50. The monoisotopic (exact) mass is 303 g/mol. The fourth-order valence-electron chi connectivity index (χ4n) is 3.19. The molecule has 2 aliphatic rings. The molecule has 110 valence electrons. The molecule has 0 bridgehead atoms. The lowest BCUT2D eigenvalue weighted by atomic mass is 9.98. The highest BCUT2D eigenvalue weighted by atomic mass is 35.5. The first-order chi connectivity index (χ1) is 10.2. The van der Waals surface area contributed by atoms with Crippen molar-refractivity contribution in [3.05, 3.63) is 23.2 Å². The van der Waals surface area contributed by atoms with Gasteiger partial charge >= 0.3 is 0 Å². The van der Waals surface area contributed by atoms with E-state index in [1.165, 1.54) is 25.7 Å². The Morgan fingerprint density at radius 3 is 2.57 bits per heavy atom. The Kier molecular flexibility index (Phi) is 3.10. The van der Waals surface area contributed by atoms with E-state index in [0.29, 0.717) is 10.7 Å². The van der Waals surface area contributed by atoms with Gasteiger partial charge in [0, 0.05) is 22.8 Å². The second kappa shape index (κ2) is 4.98. The zero-order chi connectivity index (χ0) is 14.4. The Hall–Kier alpha value is -1.62. The summed E-state index contributed by atoms with van der Waals surface area (Å²) in [7, 11) is 0. The zero-order valence-electron chi connectivity index (χ0n) is 11.7. The molecule has 0 spiro atoms. The summed E-state index contributed by atoms with van der Waals surface area (Å²) in [5.74, 6) is 3.21. The molecule has 21 heavy (non-hydrogen) atoms. The van der Waals surface area contributed by atoms with Crippen molar-refractivity contribution in [2.45, 2.75) is 32.2 Å². The zero-order valence-corrected chi connectivity index (χ0v) is 12.5. The van der Waals surface area contributed by atoms with Crippen LogP contribution in [0.3, 0.4) is 0 Å². The van der Waals surface area contributed by atoms with Crippen LogP contribution >= 0.6 is 11.6 Å². The highest BCUT2D eigenvalue weighted by Gasteiger charge is 2.41. The van der Waals surface area contributed by atoms with Crippen molar-refractivity contribution < 1.29 is 0 Å². The number of tetrazole rings is 1. The standard InChI is InChI=1S/C15H18ClN5/c16-11-5-6-12(14(17)7-11)15-18-19-20-21(15)8-13(9-1-2-9)10-3-4-10/h5-7,9-10,13H,1-4,8,17H2. The molecule has 2 N–H and O–H groups in total. The molecule has 1 heterocycles. The van der Waals surface area contributed by atoms with Crippen molar-refractivity contribution in [1.82, 2.24) is 20.2 Å². The number of aromatic nitrogens is 4. The van der Waals surface area contributed by atoms with Gasteiger partial charge in [-0.05, 0) is 72.1 Å². The summed E-state index contributed by atoms with van der Waals surface area (Å²) in [4.78, 5) is 0. The maximum absolute atomic E-state index is 6.06. The molecule has 0 amide bonds. The molecule has 2 fully saturated rings. The fourth-order valence-corrected chi connectivity index (χ4v) is 3.37. The highest BCUT2D eigenvalue weighted by molar-refractivity contribution is 6.31. The predicted molar refractivity (Wildman–Crippen MR) is 81.6 cm³/mol. The van der Waals surface area contributed by atoms with Crippen LogP contribution in [0.5, 0.6) is 0 Å². The molecule has 0 atom stereocenters. The van der Waals surface area contributed by atoms with E-state index >= 15 is 0 Å². The van der Waals surface area contributed by atoms with E-state index < -0.39 is 0 Å². The molecule has 1 aromatic carbocycles. The lowest BCUT2D eigenvalue weighted by Gasteiger charge is -2.16. The third-order valence-electron chi connectivity index (χ3n) is 4.63. The van der Waals surface area contributed by atoms with Gasteiger partial charge in [0.25, 0.3) is 0 Å². The van der Waals surface area contributed by atoms with Crippen LogP contribution in [-0.4, -0.2) is 20.2 Å². The number of halogens is 1. The minimum Gasteiger partial charge on any atom is -0.398 e. The second-order valence-corrected chi connectivity index (χ2v) is 6.69. The van der Waals surface area contributed by atoms with Gasteiger partial charge in [-0.3, -0.25) is 0 Å². The summed E-state index contributed by atoms with van der Waals surface area (Å²) in [5, 5.41) is 12.8. The van der Waals surface area contributed by atoms with E-state index in [1.807, 2.05) is 16.8 Å². The lowest BCUT2D eigenvalue weighted by Crippen LogP contribution is -2.17. The first-order valence-corrected chi connectivity index (χ1v) is 7.92. The van der Waals surface area contributed by atoms with Gasteiger partial charge in [0.15, 0.2) is 5.82 Å². The first-order valence-electron chi connectivity index (χ1n) is 7.54. The van der Waals surface area contributed by atoms with E-state index in [0.717, 1.165) is 35.7 Å². The van der Waals surface area contributed by atoms with Crippen LogP contribution in [0, 0.1) is 17.8 Å². The Bertz CT molecular complexity index is 648. The molecular formula is C15H18ClN5. The molecular weight excluding hydrogens is 286 g/mol. The maximum atomic E-state index is 6.06. The summed E-state index contributed by atoms with van der Waals surface area (Å²) >= 11 is 5.96. The van der Waals surface area contributed by atoms with Gasteiger partial charge in [-0.2, -0.15) is 0 Å². The Labute approximate surface area is 128 Å². The van der Waals surface area contributed by atoms with Gasteiger partial charge in [0.2, 0.25) is 0 Å². The van der Waals surface area contributed by atoms with Crippen LogP contribution in [0.4, 0.5) is 5.69 Å². The van der Waals surface area contributed by atoms with Crippen molar-refractivity contribution >= 4 is 17.3 Å². The summed E-state index contributed by atoms with van der Waals surface area (Å²) in [6.45, 7) is 0.903. The SMILES string of the molecule is Nc1cc(Cl)ccc1-c1nnnn1CC(C1CC1)C1CC1. The molecule has 4 rings (SSSR count). The van der Waals surface area contributed by atoms with Crippen LogP contribution in [0.1, 0.15) is 25.7 Å². The Morgan fingerprint density at radius 1 is 1.24 bits per heavy atom. The van der Waals surface area contributed by atoms with E-state index in [4.69, 9.17) is 17.3 Å². The maximum Gasteiger partial charge on any atom is 0.184 e. The van der Waals surface area contributed by atoms with E-state index in [9.17, 15) is 0 Å². The Balaban J connectivity index is 1.63. The molecule has 2 aromatic rings. The summed E-state index contributed by atoms with van der Waals surface area (Å²) in [5.41, 5.74) is 7.54. The van der Waals surface area contributed by atoms with Crippen molar-refractivity contribution in [1.29, 1.82) is 0 Å². The van der Waals surface area contributed by atoms with Crippen LogP contribution in [0.2, 0.25) is 5.02 Å². The first kappa shape index (κ1) is 13.1. The smallest absolute Gasteiger partial charge is 0.184 e. The van der Waals surface area contributed by atoms with Crippen LogP contribution in [0.25, 0.3) is 11.4 Å². The number of hydrogen-bond donors (Lipinski definition) is 1. The van der Waals surface area contributed by atoms with Crippen LogP contribution < -0.4 is 5.73 Å². The number of nitrogens with zero attached hydrogens (tertiary/aromatic N) is 4. The van der Waals surface area contributed by atoms with Crippen molar-refractivity contribution in [3.8, 4) is 11.4 Å². The van der Waals surface area contributed by atoms with E-state index in [2.05, 4.69) is 15.5 Å². The average Bonchev–Trinajstić information content (AvgIpc) is 3.36. The number of nitrogens with two attached hydrogens (primary N) is 1. The molecule has 0 radical (unpaired) electrons. The van der Waals surface area contributed by atoms with E-state index in [-0.39, 0.29) is 0 Å². The van der Waals surface area contributed by atoms with Crippen LogP contribution in [0.15, 0.2) is 18.2 Å². The number of hydrogen-bond acceptors (Lipinski definition) is 4. The van der Waals surface area contributed by atoms with Crippen molar-refractivity contribution in [3.63, 3.8) is 0 Å². The predicted octanol–water partition coefficient (Wildman–Crippen LogP) is 3.01. The molecule has 2 aliphatic carbocycles. The average molecular weight is 304 g/mol. The van der Waals surface area contributed by atoms with Gasteiger partial charge in [-0.15, -0.1) is 5.10 Å². The van der Waals surface area contributed by atoms with Gasteiger partial charge in [-0.25, -0.2) is 4.68 Å². The van der Waals surface area contributed by atoms with Crippen molar-refractivity contribution in [2.24, 2.45) is 17.8 Å². The molecule has 5 nitrogen and oxygen atoms in total. The molecule has 0 unspecified atom stereocenters. The quantitative estimate of drug-likeness (QED) is 0.862. The van der Waals surface area contributed by atoms with Crippen molar-refractivity contribution in [2.75, 3.05) is 5.73 Å². The van der Waals surface area contributed by atoms with Crippen LogP contribution in [-0.2, 0) is 6.54 Å². The summed E-state index contributed by atoms with van der Waals surface area (Å²) in [6, 6.07) is 5.46. The molecule has 0 saturated heterocycles. The summed E-state index contributed by atoms with van der Waals surface area (Å²) < 4.78 is 1.92. The largest absolute Gasteiger partial charge is 0.398 e. The third kappa shape index (κ3) is 2.62. The van der Waals surface area contributed by atoms with Gasteiger partial charge in [0.05, 0.1) is 0 Å². The number of rotatable bonds is 5. The van der Waals surface area contributed by atoms with Gasteiger partial charge in [0.1, 0.15) is 0 Å².